The van der Waals surface area contributed by atoms with Crippen LogP contribution in [0.3, 0.4) is 0 Å². The Morgan fingerprint density at radius 3 is 2.40 bits per heavy atom. The summed E-state index contributed by atoms with van der Waals surface area (Å²) in [5, 5.41) is 36.5. The smallest absolute Gasteiger partial charge is 0.269 e. The molecule has 13 nitrogen and oxygen atoms in total. The number of fused-ring (bicyclic) bond motifs is 2. The van der Waals surface area contributed by atoms with Crippen LogP contribution in [0.25, 0.3) is 6.08 Å². The second-order valence-corrected chi connectivity index (χ2v) is 18.8. The molecule has 2 aliphatic heterocycles. The van der Waals surface area contributed by atoms with Crippen molar-refractivity contribution in [3.8, 4) is 17.2 Å². The van der Waals surface area contributed by atoms with Crippen molar-refractivity contribution in [2.24, 2.45) is 22.9 Å². The number of allylic oxidation sites excluding steroid dienone is 1. The summed E-state index contributed by atoms with van der Waals surface area (Å²) in [6.07, 6.45) is 13.3. The number of oxime groups is 1. The highest BCUT2D eigenvalue weighted by atomic mass is 19.1. The summed E-state index contributed by atoms with van der Waals surface area (Å²) in [6, 6.07) is 22.9. The zero-order chi connectivity index (χ0) is 49.2. The van der Waals surface area contributed by atoms with E-state index in [1.165, 1.54) is 30.3 Å². The van der Waals surface area contributed by atoms with E-state index in [4.69, 9.17) is 28.9 Å². The van der Waals surface area contributed by atoms with E-state index in [1.807, 2.05) is 37.3 Å². The van der Waals surface area contributed by atoms with Crippen LogP contribution < -0.4 is 9.47 Å². The van der Waals surface area contributed by atoms with Gasteiger partial charge in [0.1, 0.15) is 29.1 Å². The maximum atomic E-state index is 15.2. The monoisotopic (exact) mass is 957 g/mol. The van der Waals surface area contributed by atoms with E-state index in [0.29, 0.717) is 60.0 Å². The zero-order valence-electron chi connectivity index (χ0n) is 40.1. The van der Waals surface area contributed by atoms with E-state index < -0.39 is 40.7 Å². The average molecular weight is 958 g/mol. The molecule has 1 saturated heterocycles. The normalized spacial score (nSPS) is 24.2. The number of ether oxygens (including phenoxy) is 4. The first-order valence-corrected chi connectivity index (χ1v) is 24.6. The number of aliphatic hydroxyl groups excluding tert-OH is 2. The van der Waals surface area contributed by atoms with Gasteiger partial charge in [-0.25, -0.2) is 4.39 Å². The first-order chi connectivity index (χ1) is 34.0. The number of aryl methyl sites for hydroxylation is 2. The number of benzene rings is 4. The van der Waals surface area contributed by atoms with Gasteiger partial charge in [-0.15, -0.1) is 6.58 Å². The number of aliphatic hydroxyl groups is 2. The van der Waals surface area contributed by atoms with Crippen LogP contribution >= 0.6 is 0 Å². The Morgan fingerprint density at radius 1 is 0.957 bits per heavy atom. The van der Waals surface area contributed by atoms with Gasteiger partial charge >= 0.3 is 0 Å². The number of halogens is 1. The Hall–Kier alpha value is -6.19. The lowest BCUT2D eigenvalue weighted by molar-refractivity contribution is -0.384. The number of carbonyl (C=O) groups is 1. The van der Waals surface area contributed by atoms with Gasteiger partial charge in [-0.05, 0) is 153 Å². The maximum absolute atomic E-state index is 15.2. The molecule has 2 N–H and O–H groups in total. The molecule has 2 fully saturated rings. The molecule has 2 aliphatic carbocycles. The number of nitrogens with zero attached hydrogens (tertiary/aromatic N) is 3. The van der Waals surface area contributed by atoms with Gasteiger partial charge < -0.3 is 38.9 Å². The van der Waals surface area contributed by atoms with E-state index in [1.54, 1.807) is 41.3 Å². The van der Waals surface area contributed by atoms with Crippen LogP contribution in [0.1, 0.15) is 97.9 Å². The Balaban J connectivity index is 1.34. The fraction of sp³-hybridized carbons (Fsp3) is 0.429. The second-order valence-electron chi connectivity index (χ2n) is 18.8. The molecule has 8 rings (SSSR count). The second kappa shape index (κ2) is 23.2. The van der Waals surface area contributed by atoms with Gasteiger partial charge in [0.25, 0.3) is 5.69 Å². The van der Waals surface area contributed by atoms with Crippen molar-refractivity contribution in [3.05, 3.63) is 159 Å². The molecule has 370 valence electrons. The third-order valence-corrected chi connectivity index (χ3v) is 14.2. The van der Waals surface area contributed by atoms with Gasteiger partial charge in [0.05, 0.1) is 29.8 Å². The van der Waals surface area contributed by atoms with Crippen LogP contribution in [0.4, 0.5) is 10.1 Å². The minimum atomic E-state index is -1.57. The molecule has 0 spiro atoms. The quantitative estimate of drug-likeness (QED) is 0.0270. The molecule has 1 saturated carbocycles. The van der Waals surface area contributed by atoms with Crippen molar-refractivity contribution >= 4 is 23.4 Å². The van der Waals surface area contributed by atoms with Crippen molar-refractivity contribution in [2.75, 3.05) is 26.4 Å². The molecule has 14 heteroatoms. The standard InChI is InChI=1S/C56H64FN3O10/c1-4-30-67-56-51(59(36-40-15-20-42(57)21-16-40)52(63)27-19-39-17-22-43(23-18-39)60(64)65)35-49(58-70-53-13-7-10-31-66-53)47-33-41(11-5-8-28-61)46(12-6-9-29-62)54(55(47)56)48-34-45(25-26-50(48)69-56)68-44-24-14-37(2)38(3)32-44/h4,14-27,32-34,41,46,51,53-55,61-62H,1,5-13,28-31,35-36H2,2-3H3. The Morgan fingerprint density at radius 2 is 1.70 bits per heavy atom. The summed E-state index contributed by atoms with van der Waals surface area (Å²) >= 11 is 0. The minimum absolute atomic E-state index is 0.00290. The summed E-state index contributed by atoms with van der Waals surface area (Å²) in [5.74, 6) is -1.47. The van der Waals surface area contributed by atoms with Gasteiger partial charge in [0.2, 0.25) is 18.0 Å². The van der Waals surface area contributed by atoms with Crippen LogP contribution in [0.5, 0.6) is 17.2 Å². The molecule has 70 heavy (non-hydrogen) atoms. The lowest BCUT2D eigenvalue weighted by Gasteiger charge is -2.60. The van der Waals surface area contributed by atoms with Crippen molar-refractivity contribution in [2.45, 2.75) is 109 Å². The molecule has 4 aromatic rings. The van der Waals surface area contributed by atoms with Gasteiger partial charge in [-0.3, -0.25) is 14.9 Å². The van der Waals surface area contributed by atoms with E-state index in [0.717, 1.165) is 60.8 Å². The number of hydrogen-bond donors (Lipinski definition) is 2. The van der Waals surface area contributed by atoms with Crippen molar-refractivity contribution in [1.82, 2.24) is 4.90 Å². The number of rotatable bonds is 21. The number of hydrogen-bond acceptors (Lipinski definition) is 11. The molecular formula is C56H64FN3O10. The van der Waals surface area contributed by atoms with Crippen LogP contribution in [0.15, 0.2) is 120 Å². The van der Waals surface area contributed by atoms with Gasteiger partial charge in [0, 0.05) is 62.3 Å². The third-order valence-electron chi connectivity index (χ3n) is 14.2. The molecule has 1 amide bonds. The van der Waals surface area contributed by atoms with Crippen molar-refractivity contribution in [3.63, 3.8) is 0 Å². The largest absolute Gasteiger partial charge is 0.459 e. The average Bonchev–Trinajstić information content (AvgIpc) is 3.37. The van der Waals surface area contributed by atoms with Crippen molar-refractivity contribution in [1.29, 1.82) is 0 Å². The summed E-state index contributed by atoms with van der Waals surface area (Å²) in [7, 11) is 0. The van der Waals surface area contributed by atoms with Crippen LogP contribution in [-0.4, -0.2) is 76.2 Å². The first-order valence-electron chi connectivity index (χ1n) is 24.6. The first kappa shape index (κ1) is 50.2. The number of non-ortho nitro benzene ring substituents is 1. The molecule has 7 unspecified atom stereocenters. The predicted molar refractivity (Wildman–Crippen MR) is 265 cm³/mol. The third kappa shape index (κ3) is 11.4. The highest BCUT2D eigenvalue weighted by Crippen LogP contribution is 2.62. The van der Waals surface area contributed by atoms with Crippen LogP contribution in [0.2, 0.25) is 0 Å². The Labute approximate surface area is 409 Å². The Kier molecular flexibility index (Phi) is 16.6. The number of carbonyl (C=O) groups excluding carboxylic acids is 1. The molecule has 0 radical (unpaired) electrons. The fourth-order valence-electron chi connectivity index (χ4n) is 10.6. The van der Waals surface area contributed by atoms with E-state index >= 15 is 4.79 Å². The SMILES string of the molecule is C=CCOC12Oc3ccc(Oc4ccc(C)c(C)c4)cc3C3C(CCCCO)C(CCCCO)C=C(C(=NOC4CCCCO4)CC1N(Cc1ccc(F)cc1)C(=O)C=Cc1ccc([N+](=O)[O-])cc1)C32. The van der Waals surface area contributed by atoms with Crippen molar-refractivity contribution < 1.29 is 48.1 Å². The summed E-state index contributed by atoms with van der Waals surface area (Å²) < 4.78 is 41.7. The van der Waals surface area contributed by atoms with Gasteiger partial charge in [0.15, 0.2) is 0 Å². The molecule has 4 aromatic carbocycles. The van der Waals surface area contributed by atoms with E-state index in [2.05, 4.69) is 25.6 Å². The summed E-state index contributed by atoms with van der Waals surface area (Å²) in [5.41, 5.74) is 5.78. The highest BCUT2D eigenvalue weighted by Gasteiger charge is 2.65. The number of unbranched alkanes of at least 4 members (excludes halogenated alkanes) is 2. The number of nitro benzene ring substituents is 1. The molecule has 0 aromatic heterocycles. The minimum Gasteiger partial charge on any atom is -0.459 e. The maximum Gasteiger partial charge on any atom is 0.269 e. The molecule has 2 heterocycles. The Bertz CT molecular complexity index is 2560. The van der Waals surface area contributed by atoms with Gasteiger partial charge in [-0.2, -0.15) is 0 Å². The fourth-order valence-corrected chi connectivity index (χ4v) is 10.6. The lowest BCUT2D eigenvalue weighted by atomic mass is 9.55. The van der Waals surface area contributed by atoms with E-state index in [-0.39, 0.29) is 56.2 Å². The van der Waals surface area contributed by atoms with Crippen LogP contribution in [-0.2, 0) is 25.7 Å². The number of nitro groups is 1. The highest BCUT2D eigenvalue weighted by molar-refractivity contribution is 6.03. The van der Waals surface area contributed by atoms with Crippen LogP contribution in [0, 0.1) is 47.5 Å². The van der Waals surface area contributed by atoms with E-state index in [9.17, 15) is 24.7 Å². The summed E-state index contributed by atoms with van der Waals surface area (Å²) in [4.78, 5) is 34.2. The molecule has 7 atom stereocenters. The topological polar surface area (TPSA) is 162 Å². The number of amides is 1. The molecular weight excluding hydrogens is 894 g/mol. The lowest BCUT2D eigenvalue weighted by Crippen LogP contribution is -2.70. The van der Waals surface area contributed by atoms with Gasteiger partial charge in [-0.1, -0.05) is 48.3 Å². The summed E-state index contributed by atoms with van der Waals surface area (Å²) in [6.45, 7) is 8.90. The molecule has 4 aliphatic rings. The molecule has 0 bridgehead atoms. The zero-order valence-corrected chi connectivity index (χ0v) is 40.1. The predicted octanol–water partition coefficient (Wildman–Crippen LogP) is 11.0.